The minimum atomic E-state index is -0.157. The summed E-state index contributed by atoms with van der Waals surface area (Å²) in [5, 5.41) is 4.67. The standard InChI is InChI=1S/C8H10N4O/c9-8(10)11-12(6-13)7-4-2-1-3-5-7/h1-6H,(H4,9,10,11). The fourth-order valence-electron chi connectivity index (χ4n) is 0.847. The normalized spacial score (nSPS) is 8.92. The first-order chi connectivity index (χ1) is 6.24. The summed E-state index contributed by atoms with van der Waals surface area (Å²) >= 11 is 0. The monoisotopic (exact) mass is 178 g/mol. The van der Waals surface area contributed by atoms with Crippen LogP contribution in [0.1, 0.15) is 0 Å². The quantitative estimate of drug-likeness (QED) is 0.292. The van der Waals surface area contributed by atoms with E-state index in [0.29, 0.717) is 12.1 Å². The first-order valence-electron chi connectivity index (χ1n) is 3.63. The largest absolute Gasteiger partial charge is 0.369 e. The van der Waals surface area contributed by atoms with E-state index in [1.807, 2.05) is 6.07 Å². The van der Waals surface area contributed by atoms with Crippen LogP contribution in [0.3, 0.4) is 0 Å². The number of para-hydroxylation sites is 1. The summed E-state index contributed by atoms with van der Waals surface area (Å²) in [6.07, 6.45) is 0.537. The molecule has 5 heteroatoms. The molecule has 0 unspecified atom stereocenters. The van der Waals surface area contributed by atoms with Crippen LogP contribution in [-0.2, 0) is 4.79 Å². The van der Waals surface area contributed by atoms with Crippen LogP contribution in [0.15, 0.2) is 35.4 Å². The minimum absolute atomic E-state index is 0.157. The van der Waals surface area contributed by atoms with E-state index in [2.05, 4.69) is 5.10 Å². The van der Waals surface area contributed by atoms with Crippen LogP contribution in [0, 0.1) is 0 Å². The Balaban J connectivity index is 2.92. The summed E-state index contributed by atoms with van der Waals surface area (Å²) in [6.45, 7) is 0. The lowest BCUT2D eigenvalue weighted by Gasteiger charge is -2.10. The van der Waals surface area contributed by atoms with Gasteiger partial charge >= 0.3 is 0 Å². The number of amides is 1. The molecule has 1 rings (SSSR count). The van der Waals surface area contributed by atoms with Gasteiger partial charge in [0.1, 0.15) is 0 Å². The van der Waals surface area contributed by atoms with Gasteiger partial charge in [-0.05, 0) is 12.1 Å². The Morgan fingerprint density at radius 2 is 1.92 bits per heavy atom. The van der Waals surface area contributed by atoms with Crippen LogP contribution in [0.25, 0.3) is 0 Å². The molecule has 0 aliphatic rings. The van der Waals surface area contributed by atoms with Crippen molar-refractivity contribution in [1.29, 1.82) is 0 Å². The van der Waals surface area contributed by atoms with Crippen LogP contribution in [0.2, 0.25) is 0 Å². The molecule has 0 saturated carbocycles. The van der Waals surface area contributed by atoms with Crippen molar-refractivity contribution in [1.82, 2.24) is 0 Å². The molecular formula is C8H10N4O. The summed E-state index contributed by atoms with van der Waals surface area (Å²) in [6, 6.07) is 8.85. The molecule has 5 nitrogen and oxygen atoms in total. The molecule has 1 aromatic carbocycles. The van der Waals surface area contributed by atoms with E-state index in [4.69, 9.17) is 11.5 Å². The van der Waals surface area contributed by atoms with Crippen molar-refractivity contribution in [2.24, 2.45) is 16.6 Å². The SMILES string of the molecule is NC(N)=NN(C=O)c1ccccc1. The second-order valence-electron chi connectivity index (χ2n) is 2.31. The van der Waals surface area contributed by atoms with Crippen molar-refractivity contribution in [3.63, 3.8) is 0 Å². The molecule has 0 aliphatic heterocycles. The third-order valence-electron chi connectivity index (χ3n) is 1.34. The maximum atomic E-state index is 10.5. The zero-order valence-corrected chi connectivity index (χ0v) is 6.92. The molecule has 0 aliphatic carbocycles. The summed E-state index contributed by atoms with van der Waals surface area (Å²) in [7, 11) is 0. The summed E-state index contributed by atoms with van der Waals surface area (Å²) in [5.41, 5.74) is 10.9. The average molecular weight is 178 g/mol. The van der Waals surface area contributed by atoms with Gasteiger partial charge in [0.05, 0.1) is 5.69 Å². The highest BCUT2D eigenvalue weighted by Gasteiger charge is 2.01. The highest BCUT2D eigenvalue weighted by molar-refractivity contribution is 5.82. The third-order valence-corrected chi connectivity index (χ3v) is 1.34. The molecule has 0 spiro atoms. The Kier molecular flexibility index (Phi) is 2.86. The number of anilines is 1. The number of rotatable bonds is 3. The van der Waals surface area contributed by atoms with Crippen LogP contribution in [-0.4, -0.2) is 12.4 Å². The van der Waals surface area contributed by atoms with Gasteiger partial charge in [-0.15, -0.1) is 5.10 Å². The van der Waals surface area contributed by atoms with Crippen LogP contribution in [0.4, 0.5) is 5.69 Å². The maximum absolute atomic E-state index is 10.5. The van der Waals surface area contributed by atoms with Crippen molar-refractivity contribution < 1.29 is 4.79 Å². The van der Waals surface area contributed by atoms with Crippen molar-refractivity contribution in [2.75, 3.05) is 5.01 Å². The Labute approximate surface area is 75.6 Å². The highest BCUT2D eigenvalue weighted by atomic mass is 16.1. The Morgan fingerprint density at radius 3 is 2.38 bits per heavy atom. The smallest absolute Gasteiger partial charge is 0.234 e. The van der Waals surface area contributed by atoms with Gasteiger partial charge < -0.3 is 11.5 Å². The van der Waals surface area contributed by atoms with Gasteiger partial charge in [0.2, 0.25) is 12.4 Å². The molecule has 0 fully saturated rings. The number of hydrogen-bond acceptors (Lipinski definition) is 2. The summed E-state index contributed by atoms with van der Waals surface area (Å²) in [4.78, 5) is 10.5. The Hall–Kier alpha value is -2.04. The lowest BCUT2D eigenvalue weighted by Crippen LogP contribution is -2.28. The molecule has 68 valence electrons. The molecule has 4 N–H and O–H groups in total. The van der Waals surface area contributed by atoms with Gasteiger partial charge in [0.25, 0.3) is 0 Å². The first-order valence-corrected chi connectivity index (χ1v) is 3.63. The van der Waals surface area contributed by atoms with Crippen molar-refractivity contribution >= 4 is 18.1 Å². The molecule has 0 aromatic heterocycles. The van der Waals surface area contributed by atoms with E-state index in [-0.39, 0.29) is 5.96 Å². The minimum Gasteiger partial charge on any atom is -0.369 e. The van der Waals surface area contributed by atoms with Gasteiger partial charge in [-0.3, -0.25) is 4.79 Å². The molecule has 1 amide bonds. The van der Waals surface area contributed by atoms with E-state index in [1.165, 1.54) is 0 Å². The van der Waals surface area contributed by atoms with Gasteiger partial charge in [-0.25, -0.2) is 0 Å². The van der Waals surface area contributed by atoms with E-state index in [9.17, 15) is 4.79 Å². The number of guanidine groups is 1. The summed E-state index contributed by atoms with van der Waals surface area (Å²) < 4.78 is 0. The van der Waals surface area contributed by atoms with Gasteiger partial charge in [0.15, 0.2) is 0 Å². The molecule has 0 bridgehead atoms. The van der Waals surface area contributed by atoms with Gasteiger partial charge in [0, 0.05) is 0 Å². The molecule has 1 aromatic rings. The van der Waals surface area contributed by atoms with E-state index in [1.54, 1.807) is 24.3 Å². The molecule has 0 atom stereocenters. The summed E-state index contributed by atoms with van der Waals surface area (Å²) in [5.74, 6) is -0.157. The number of benzene rings is 1. The molecule has 0 heterocycles. The lowest BCUT2D eigenvalue weighted by atomic mass is 10.3. The number of nitrogens with two attached hydrogens (primary N) is 2. The molecule has 0 saturated heterocycles. The van der Waals surface area contributed by atoms with E-state index >= 15 is 0 Å². The predicted molar refractivity (Wildman–Crippen MR) is 50.8 cm³/mol. The second-order valence-corrected chi connectivity index (χ2v) is 2.31. The number of hydrogen-bond donors (Lipinski definition) is 2. The molecular weight excluding hydrogens is 168 g/mol. The Morgan fingerprint density at radius 1 is 1.31 bits per heavy atom. The zero-order valence-electron chi connectivity index (χ0n) is 6.92. The topological polar surface area (TPSA) is 84.7 Å². The number of nitrogens with zero attached hydrogens (tertiary/aromatic N) is 2. The first kappa shape index (κ1) is 9.05. The van der Waals surface area contributed by atoms with Crippen molar-refractivity contribution in [3.8, 4) is 0 Å². The van der Waals surface area contributed by atoms with Crippen LogP contribution >= 0.6 is 0 Å². The fourth-order valence-corrected chi connectivity index (χ4v) is 0.847. The number of hydrazone groups is 1. The van der Waals surface area contributed by atoms with Crippen molar-refractivity contribution in [3.05, 3.63) is 30.3 Å². The lowest BCUT2D eigenvalue weighted by molar-refractivity contribution is -0.107. The van der Waals surface area contributed by atoms with Crippen LogP contribution < -0.4 is 16.5 Å². The van der Waals surface area contributed by atoms with Crippen LogP contribution in [0.5, 0.6) is 0 Å². The number of carbonyl (C=O) groups excluding carboxylic acids is 1. The average Bonchev–Trinajstić information content (AvgIpc) is 2.15. The zero-order chi connectivity index (χ0) is 9.68. The van der Waals surface area contributed by atoms with Crippen molar-refractivity contribution in [2.45, 2.75) is 0 Å². The Bertz CT molecular complexity index is 305. The predicted octanol–water partition coefficient (Wildman–Crippen LogP) is -0.162. The molecule has 13 heavy (non-hydrogen) atoms. The van der Waals surface area contributed by atoms with E-state index in [0.717, 1.165) is 5.01 Å². The number of carbonyl (C=O) groups is 1. The fraction of sp³-hybridized carbons (Fsp3) is 0. The van der Waals surface area contributed by atoms with E-state index < -0.39 is 0 Å². The second kappa shape index (κ2) is 4.10. The maximum Gasteiger partial charge on any atom is 0.234 e. The highest BCUT2D eigenvalue weighted by Crippen LogP contribution is 2.10. The van der Waals surface area contributed by atoms with Gasteiger partial charge in [-0.1, -0.05) is 18.2 Å². The van der Waals surface area contributed by atoms with Gasteiger partial charge in [-0.2, -0.15) is 5.01 Å². The molecule has 0 radical (unpaired) electrons. The third kappa shape index (κ3) is 2.48.